The summed E-state index contributed by atoms with van der Waals surface area (Å²) in [6, 6.07) is 15.1. The summed E-state index contributed by atoms with van der Waals surface area (Å²) in [5.41, 5.74) is 3.16. The molecule has 0 spiro atoms. The monoisotopic (exact) mass is 348 g/mol. The Hall–Kier alpha value is -3.08. The summed E-state index contributed by atoms with van der Waals surface area (Å²) in [5, 5.41) is 3.06. The van der Waals surface area contributed by atoms with Gasteiger partial charge in [0, 0.05) is 41.8 Å². The third-order valence-electron chi connectivity index (χ3n) is 4.90. The number of carbonyl (C=O) groups is 2. The van der Waals surface area contributed by atoms with Gasteiger partial charge in [-0.15, -0.1) is 0 Å². The lowest BCUT2D eigenvalue weighted by atomic mass is 10.0. The number of fused-ring (bicyclic) bond motifs is 2. The van der Waals surface area contributed by atoms with E-state index in [1.54, 1.807) is 11.0 Å². The van der Waals surface area contributed by atoms with Crippen molar-refractivity contribution in [3.05, 3.63) is 71.8 Å². The van der Waals surface area contributed by atoms with Crippen LogP contribution in [0.3, 0.4) is 0 Å². The summed E-state index contributed by atoms with van der Waals surface area (Å²) in [7, 11) is 0. The Morgan fingerprint density at radius 1 is 1.15 bits per heavy atom. The minimum atomic E-state index is -0.0881. The Morgan fingerprint density at radius 2 is 1.88 bits per heavy atom. The van der Waals surface area contributed by atoms with E-state index in [0.717, 1.165) is 23.3 Å². The lowest BCUT2D eigenvalue weighted by Gasteiger charge is -2.27. The zero-order valence-corrected chi connectivity index (χ0v) is 14.4. The summed E-state index contributed by atoms with van der Waals surface area (Å²) in [6.07, 6.45) is 0.974. The van der Waals surface area contributed by atoms with Crippen LogP contribution in [0.2, 0.25) is 0 Å². The maximum absolute atomic E-state index is 12.5. The Balaban J connectivity index is 1.39. The molecular weight excluding hydrogens is 328 g/mol. The molecule has 2 amide bonds. The normalized spacial score (nSPS) is 18.2. The van der Waals surface area contributed by atoms with E-state index >= 15 is 0 Å². The fourth-order valence-electron chi connectivity index (χ4n) is 3.54. The third kappa shape index (κ3) is 2.86. The summed E-state index contributed by atoms with van der Waals surface area (Å²) >= 11 is 0. The van der Waals surface area contributed by atoms with E-state index < -0.39 is 0 Å². The van der Waals surface area contributed by atoms with Crippen LogP contribution >= 0.6 is 0 Å². The molecule has 2 aliphatic heterocycles. The predicted molar refractivity (Wildman–Crippen MR) is 98.6 cm³/mol. The zero-order valence-electron chi connectivity index (χ0n) is 14.4. The molecule has 0 aliphatic carbocycles. The van der Waals surface area contributed by atoms with Crippen molar-refractivity contribution >= 4 is 17.5 Å². The van der Waals surface area contributed by atoms with Crippen LogP contribution in [-0.4, -0.2) is 29.9 Å². The number of nitrogens with zero attached hydrogens (tertiary/aromatic N) is 1. The zero-order chi connectivity index (χ0) is 18.1. The molecule has 5 heteroatoms. The lowest BCUT2D eigenvalue weighted by molar-refractivity contribution is -0.122. The van der Waals surface area contributed by atoms with Crippen molar-refractivity contribution in [3.8, 4) is 5.75 Å². The molecule has 1 N–H and O–H groups in total. The maximum Gasteiger partial charge on any atom is 0.258 e. The lowest BCUT2D eigenvalue weighted by Crippen LogP contribution is -2.34. The Kier molecular flexibility index (Phi) is 4.21. The topological polar surface area (TPSA) is 58.6 Å². The highest BCUT2D eigenvalue weighted by atomic mass is 16.5. The fraction of sp³-hybridized carbons (Fsp3) is 0.238. The van der Waals surface area contributed by atoms with Gasteiger partial charge in [0.25, 0.3) is 5.91 Å². The number of hydrogen-bond acceptors (Lipinski definition) is 3. The average Bonchev–Trinajstić information content (AvgIpc) is 2.91. The number of rotatable bonds is 4. The minimum absolute atomic E-state index is 0.0536. The van der Waals surface area contributed by atoms with Gasteiger partial charge < -0.3 is 15.0 Å². The standard InChI is InChI=1S/C21H20N2O3/c1-14-15-6-2-3-7-16(15)21(25)23(14)12-10-20(24)22-18-11-13-26-19-9-5-4-8-17(18)19/h2-9,18H,1,10-13H2,(H,22,24)/t18-/m0/s1. The van der Waals surface area contributed by atoms with Crippen LogP contribution in [0.4, 0.5) is 0 Å². The van der Waals surface area contributed by atoms with E-state index in [-0.39, 0.29) is 24.3 Å². The molecule has 26 heavy (non-hydrogen) atoms. The largest absolute Gasteiger partial charge is 0.493 e. The van der Waals surface area contributed by atoms with E-state index in [1.165, 1.54) is 0 Å². The molecule has 0 radical (unpaired) electrons. The van der Waals surface area contributed by atoms with Gasteiger partial charge in [-0.1, -0.05) is 43.0 Å². The average molecular weight is 348 g/mol. The van der Waals surface area contributed by atoms with Gasteiger partial charge >= 0.3 is 0 Å². The van der Waals surface area contributed by atoms with Crippen LogP contribution in [0, 0.1) is 0 Å². The number of hydrogen-bond donors (Lipinski definition) is 1. The highest BCUT2D eigenvalue weighted by Crippen LogP contribution is 2.32. The number of benzene rings is 2. The maximum atomic E-state index is 12.5. The van der Waals surface area contributed by atoms with E-state index in [4.69, 9.17) is 4.74 Å². The number of carbonyl (C=O) groups excluding carboxylic acids is 2. The van der Waals surface area contributed by atoms with Crippen LogP contribution in [0.15, 0.2) is 55.1 Å². The van der Waals surface area contributed by atoms with Crippen molar-refractivity contribution < 1.29 is 14.3 Å². The van der Waals surface area contributed by atoms with Crippen molar-refractivity contribution in [2.75, 3.05) is 13.2 Å². The van der Waals surface area contributed by atoms with Crippen LogP contribution in [-0.2, 0) is 4.79 Å². The molecule has 5 nitrogen and oxygen atoms in total. The fourth-order valence-corrected chi connectivity index (χ4v) is 3.54. The van der Waals surface area contributed by atoms with E-state index in [2.05, 4.69) is 11.9 Å². The van der Waals surface area contributed by atoms with Crippen LogP contribution in [0.25, 0.3) is 5.70 Å². The summed E-state index contributed by atoms with van der Waals surface area (Å²) in [4.78, 5) is 26.5. The van der Waals surface area contributed by atoms with Crippen molar-refractivity contribution in [2.45, 2.75) is 18.9 Å². The van der Waals surface area contributed by atoms with Gasteiger partial charge in [-0.25, -0.2) is 0 Å². The van der Waals surface area contributed by atoms with Crippen molar-refractivity contribution in [2.24, 2.45) is 0 Å². The first-order valence-electron chi connectivity index (χ1n) is 8.76. The smallest absolute Gasteiger partial charge is 0.258 e. The Morgan fingerprint density at radius 3 is 2.69 bits per heavy atom. The highest BCUT2D eigenvalue weighted by Gasteiger charge is 2.31. The molecule has 0 saturated carbocycles. The number of nitrogens with one attached hydrogen (secondary N) is 1. The summed E-state index contributed by atoms with van der Waals surface area (Å²) in [5.74, 6) is 0.653. The first-order valence-corrected chi connectivity index (χ1v) is 8.76. The van der Waals surface area contributed by atoms with E-state index in [1.807, 2.05) is 42.5 Å². The number of ether oxygens (including phenoxy) is 1. The second-order valence-electron chi connectivity index (χ2n) is 6.49. The first kappa shape index (κ1) is 16.4. The number of para-hydroxylation sites is 1. The Labute approximate surface area is 152 Å². The summed E-state index contributed by atoms with van der Waals surface area (Å²) in [6.45, 7) is 4.91. The van der Waals surface area contributed by atoms with Crippen molar-refractivity contribution in [1.82, 2.24) is 10.2 Å². The van der Waals surface area contributed by atoms with Gasteiger partial charge in [-0.05, 0) is 12.1 Å². The molecule has 1 atom stereocenters. The Bertz CT molecular complexity index is 855. The number of amides is 2. The highest BCUT2D eigenvalue weighted by molar-refractivity contribution is 6.08. The molecule has 0 aromatic heterocycles. The van der Waals surface area contributed by atoms with Gasteiger partial charge in [0.2, 0.25) is 5.91 Å². The first-order chi connectivity index (χ1) is 12.6. The quantitative estimate of drug-likeness (QED) is 0.923. The van der Waals surface area contributed by atoms with Gasteiger partial charge in [0.1, 0.15) is 5.75 Å². The van der Waals surface area contributed by atoms with Gasteiger partial charge in [0.15, 0.2) is 0 Å². The SMILES string of the molecule is C=C1c2ccccc2C(=O)N1CCC(=O)N[C@H]1CCOc2ccccc21. The molecule has 0 unspecified atom stereocenters. The molecule has 0 bridgehead atoms. The van der Waals surface area contributed by atoms with E-state index in [9.17, 15) is 9.59 Å². The van der Waals surface area contributed by atoms with Crippen molar-refractivity contribution in [3.63, 3.8) is 0 Å². The molecule has 2 aromatic rings. The molecule has 2 aromatic carbocycles. The van der Waals surface area contributed by atoms with Crippen LogP contribution in [0.1, 0.15) is 40.4 Å². The molecule has 0 saturated heterocycles. The van der Waals surface area contributed by atoms with Gasteiger partial charge in [-0.2, -0.15) is 0 Å². The molecule has 2 aliphatic rings. The van der Waals surface area contributed by atoms with Gasteiger partial charge in [-0.3, -0.25) is 9.59 Å². The molecule has 0 fully saturated rings. The third-order valence-corrected chi connectivity index (χ3v) is 4.90. The van der Waals surface area contributed by atoms with Crippen LogP contribution < -0.4 is 10.1 Å². The predicted octanol–water partition coefficient (Wildman–Crippen LogP) is 3.14. The van der Waals surface area contributed by atoms with Crippen LogP contribution in [0.5, 0.6) is 5.75 Å². The second-order valence-corrected chi connectivity index (χ2v) is 6.49. The molecule has 2 heterocycles. The minimum Gasteiger partial charge on any atom is -0.493 e. The summed E-state index contributed by atoms with van der Waals surface area (Å²) < 4.78 is 5.62. The van der Waals surface area contributed by atoms with Gasteiger partial charge in [0.05, 0.1) is 12.6 Å². The molecular formula is C21H20N2O3. The molecule has 4 rings (SSSR count). The van der Waals surface area contributed by atoms with Crippen molar-refractivity contribution in [1.29, 1.82) is 0 Å². The second kappa shape index (κ2) is 6.67. The van der Waals surface area contributed by atoms with E-state index in [0.29, 0.717) is 24.4 Å². The molecule has 132 valence electrons.